The van der Waals surface area contributed by atoms with Gasteiger partial charge in [0.05, 0.1) is 12.8 Å². The van der Waals surface area contributed by atoms with Crippen LogP contribution in [-0.4, -0.2) is 36.4 Å². The van der Waals surface area contributed by atoms with Gasteiger partial charge in [0.25, 0.3) is 0 Å². The summed E-state index contributed by atoms with van der Waals surface area (Å²) in [7, 11) is 1.28. The zero-order valence-corrected chi connectivity index (χ0v) is 11.7. The summed E-state index contributed by atoms with van der Waals surface area (Å²) < 4.78 is 15.7. The summed E-state index contributed by atoms with van der Waals surface area (Å²) in [4.78, 5) is 14.7. The van der Waals surface area contributed by atoms with Gasteiger partial charge in [-0.1, -0.05) is 0 Å². The van der Waals surface area contributed by atoms with E-state index in [1.807, 2.05) is 0 Å². The van der Waals surface area contributed by atoms with Gasteiger partial charge in [0.15, 0.2) is 17.2 Å². The number of carbonyl (C=O) groups excluding carboxylic acids is 1. The average Bonchev–Trinajstić information content (AvgIpc) is 2.81. The van der Waals surface area contributed by atoms with Gasteiger partial charge in [0.1, 0.15) is 18.8 Å². The molecule has 6 nitrogen and oxygen atoms in total. The van der Waals surface area contributed by atoms with Crippen molar-refractivity contribution in [2.24, 2.45) is 0 Å². The number of hydrogen-bond donors (Lipinski definition) is 2. The van der Waals surface area contributed by atoms with Crippen LogP contribution >= 0.6 is 0 Å². The lowest BCUT2D eigenvalue weighted by Crippen LogP contribution is -2.15. The van der Waals surface area contributed by atoms with Crippen LogP contribution in [0, 0.1) is 6.92 Å². The molecule has 1 aliphatic heterocycles. The average molecular weight is 289 g/mol. The van der Waals surface area contributed by atoms with Crippen LogP contribution in [0.3, 0.4) is 0 Å². The maximum atomic E-state index is 11.7. The van der Waals surface area contributed by atoms with Crippen molar-refractivity contribution in [1.29, 1.82) is 0 Å². The Bertz CT molecular complexity index is 704. The summed E-state index contributed by atoms with van der Waals surface area (Å²) >= 11 is 0. The Morgan fingerprint density at radius 1 is 1.29 bits per heavy atom. The predicted molar refractivity (Wildman–Crippen MR) is 75.0 cm³/mol. The molecular formula is C15H15NO5. The van der Waals surface area contributed by atoms with Crippen molar-refractivity contribution >= 4 is 5.97 Å². The molecule has 0 amide bonds. The first-order valence-corrected chi connectivity index (χ1v) is 6.51. The fraction of sp³-hybridized carbons (Fsp3) is 0.267. The van der Waals surface area contributed by atoms with Gasteiger partial charge >= 0.3 is 5.97 Å². The van der Waals surface area contributed by atoms with Gasteiger partial charge in [0.2, 0.25) is 0 Å². The largest absolute Gasteiger partial charge is 0.505 e. The number of esters is 1. The fourth-order valence-corrected chi connectivity index (χ4v) is 2.37. The second-order valence-corrected chi connectivity index (χ2v) is 4.70. The Hall–Kier alpha value is -2.63. The molecule has 0 unspecified atom stereocenters. The van der Waals surface area contributed by atoms with Gasteiger partial charge in [-0.15, -0.1) is 0 Å². The third kappa shape index (κ3) is 2.18. The van der Waals surface area contributed by atoms with Gasteiger partial charge in [-0.05, 0) is 25.1 Å². The number of fused-ring (bicyclic) bond motifs is 1. The van der Waals surface area contributed by atoms with Crippen LogP contribution in [0.2, 0.25) is 0 Å². The van der Waals surface area contributed by atoms with Crippen molar-refractivity contribution in [3.8, 4) is 28.5 Å². The molecule has 0 bridgehead atoms. The number of aromatic amines is 1. The highest BCUT2D eigenvalue weighted by atomic mass is 16.6. The van der Waals surface area contributed by atoms with E-state index in [9.17, 15) is 9.90 Å². The summed E-state index contributed by atoms with van der Waals surface area (Å²) in [5.41, 5.74) is 1.84. The van der Waals surface area contributed by atoms with E-state index in [2.05, 4.69) is 9.72 Å². The summed E-state index contributed by atoms with van der Waals surface area (Å²) in [5, 5.41) is 10.3. The lowest BCUT2D eigenvalue weighted by molar-refractivity contribution is 0.0597. The number of nitrogens with one attached hydrogen (secondary N) is 1. The van der Waals surface area contributed by atoms with Crippen molar-refractivity contribution in [2.45, 2.75) is 6.92 Å². The lowest BCUT2D eigenvalue weighted by atomic mass is 10.1. The molecule has 2 aromatic rings. The van der Waals surface area contributed by atoms with Gasteiger partial charge in [-0.25, -0.2) is 4.79 Å². The van der Waals surface area contributed by atoms with E-state index in [4.69, 9.17) is 9.47 Å². The van der Waals surface area contributed by atoms with Crippen LogP contribution in [-0.2, 0) is 4.74 Å². The molecule has 1 aromatic carbocycles. The molecule has 0 atom stereocenters. The van der Waals surface area contributed by atoms with E-state index in [1.54, 1.807) is 25.1 Å². The number of ether oxygens (including phenoxy) is 3. The third-order valence-electron chi connectivity index (χ3n) is 3.38. The smallest absolute Gasteiger partial charge is 0.343 e. The summed E-state index contributed by atoms with van der Waals surface area (Å²) in [6.45, 7) is 2.71. The minimum Gasteiger partial charge on any atom is -0.505 e. The maximum absolute atomic E-state index is 11.7. The number of aryl methyl sites for hydroxylation is 1. The molecule has 3 rings (SSSR count). The highest BCUT2D eigenvalue weighted by Gasteiger charge is 2.23. The number of carbonyl (C=O) groups is 1. The molecule has 2 heterocycles. The van der Waals surface area contributed by atoms with Crippen LogP contribution in [0.15, 0.2) is 18.2 Å². The number of aromatic nitrogens is 1. The first kappa shape index (κ1) is 13.4. The first-order chi connectivity index (χ1) is 10.1. The SMILES string of the molecule is COC(=O)c1c(C)[nH]c(-c2ccc3c(c2)OCCO3)c1O. The van der Waals surface area contributed by atoms with Gasteiger partial charge < -0.3 is 24.3 Å². The number of aromatic hydroxyl groups is 1. The number of hydrogen-bond acceptors (Lipinski definition) is 5. The molecular weight excluding hydrogens is 274 g/mol. The fourth-order valence-electron chi connectivity index (χ4n) is 2.37. The van der Waals surface area contributed by atoms with Crippen molar-refractivity contribution < 1.29 is 24.1 Å². The van der Waals surface area contributed by atoms with Crippen LogP contribution < -0.4 is 9.47 Å². The number of rotatable bonds is 2. The first-order valence-electron chi connectivity index (χ1n) is 6.51. The minimum absolute atomic E-state index is 0.129. The second kappa shape index (κ2) is 5.05. The zero-order chi connectivity index (χ0) is 15.0. The lowest BCUT2D eigenvalue weighted by Gasteiger charge is -2.18. The molecule has 0 fully saturated rings. The Balaban J connectivity index is 2.07. The van der Waals surface area contributed by atoms with Crippen LogP contribution in [0.1, 0.15) is 16.1 Å². The van der Waals surface area contributed by atoms with Gasteiger partial charge in [0, 0.05) is 11.3 Å². The van der Waals surface area contributed by atoms with Crippen LogP contribution in [0.25, 0.3) is 11.3 Å². The molecule has 21 heavy (non-hydrogen) atoms. The van der Waals surface area contributed by atoms with Gasteiger partial charge in [-0.2, -0.15) is 0 Å². The summed E-state index contributed by atoms with van der Waals surface area (Å²) in [5.74, 6) is 0.576. The molecule has 0 saturated heterocycles. The molecule has 0 spiro atoms. The van der Waals surface area contributed by atoms with Crippen molar-refractivity contribution in [1.82, 2.24) is 4.98 Å². The Kier molecular flexibility index (Phi) is 3.21. The molecule has 0 aliphatic carbocycles. The molecule has 2 N–H and O–H groups in total. The second-order valence-electron chi connectivity index (χ2n) is 4.70. The van der Waals surface area contributed by atoms with E-state index in [0.29, 0.717) is 41.7 Å². The quantitative estimate of drug-likeness (QED) is 0.829. The van der Waals surface area contributed by atoms with E-state index < -0.39 is 5.97 Å². The van der Waals surface area contributed by atoms with Crippen molar-refractivity contribution in [3.63, 3.8) is 0 Å². The zero-order valence-electron chi connectivity index (χ0n) is 11.7. The van der Waals surface area contributed by atoms with E-state index >= 15 is 0 Å². The highest BCUT2D eigenvalue weighted by Crippen LogP contribution is 2.39. The van der Waals surface area contributed by atoms with E-state index in [1.165, 1.54) is 7.11 Å². The number of methoxy groups -OCH3 is 1. The summed E-state index contributed by atoms with van der Waals surface area (Å²) in [6, 6.07) is 5.33. The third-order valence-corrected chi connectivity index (χ3v) is 3.38. The molecule has 0 saturated carbocycles. The molecule has 1 aromatic heterocycles. The predicted octanol–water partition coefficient (Wildman–Crippen LogP) is 2.25. The maximum Gasteiger partial charge on any atom is 0.343 e. The van der Waals surface area contributed by atoms with Crippen LogP contribution in [0.4, 0.5) is 0 Å². The Morgan fingerprint density at radius 2 is 2.00 bits per heavy atom. The molecule has 0 radical (unpaired) electrons. The van der Waals surface area contributed by atoms with E-state index in [0.717, 1.165) is 0 Å². The Morgan fingerprint density at radius 3 is 2.71 bits per heavy atom. The van der Waals surface area contributed by atoms with E-state index in [-0.39, 0.29) is 11.3 Å². The monoisotopic (exact) mass is 289 g/mol. The summed E-state index contributed by atoms with van der Waals surface area (Å²) in [6.07, 6.45) is 0. The number of benzene rings is 1. The molecule has 110 valence electrons. The van der Waals surface area contributed by atoms with Gasteiger partial charge in [-0.3, -0.25) is 0 Å². The van der Waals surface area contributed by atoms with Crippen molar-refractivity contribution in [3.05, 3.63) is 29.5 Å². The molecule has 1 aliphatic rings. The highest BCUT2D eigenvalue weighted by molar-refractivity contribution is 5.96. The normalized spacial score (nSPS) is 13.0. The number of H-pyrrole nitrogens is 1. The standard InChI is InChI=1S/C15H15NO5/c1-8-12(15(18)19-2)14(17)13(16-8)9-3-4-10-11(7-9)21-6-5-20-10/h3-4,7,16-17H,5-6H2,1-2H3. The Labute approximate surface area is 121 Å². The topological polar surface area (TPSA) is 80.8 Å². The van der Waals surface area contributed by atoms with Crippen molar-refractivity contribution in [2.75, 3.05) is 20.3 Å². The molecule has 6 heteroatoms. The van der Waals surface area contributed by atoms with Crippen LogP contribution in [0.5, 0.6) is 17.2 Å². The minimum atomic E-state index is -0.579.